The molecule has 140 valence electrons. The summed E-state index contributed by atoms with van der Waals surface area (Å²) in [5.41, 5.74) is 1.67. The van der Waals surface area contributed by atoms with Crippen LogP contribution in [-0.2, 0) is 17.8 Å². The molecule has 26 heavy (non-hydrogen) atoms. The summed E-state index contributed by atoms with van der Waals surface area (Å²) in [7, 11) is 1.56. The van der Waals surface area contributed by atoms with Crippen molar-refractivity contribution in [2.75, 3.05) is 13.7 Å². The molecule has 7 heteroatoms. The summed E-state index contributed by atoms with van der Waals surface area (Å²) in [5.74, 6) is 0.827. The van der Waals surface area contributed by atoms with Gasteiger partial charge in [-0.1, -0.05) is 13.0 Å². The van der Waals surface area contributed by atoms with Crippen LogP contribution >= 0.6 is 0 Å². The van der Waals surface area contributed by atoms with Crippen molar-refractivity contribution in [1.29, 1.82) is 0 Å². The van der Waals surface area contributed by atoms with E-state index in [1.165, 1.54) is 17.0 Å². The minimum atomic E-state index is -0.691. The van der Waals surface area contributed by atoms with E-state index in [0.717, 1.165) is 11.3 Å². The highest BCUT2D eigenvalue weighted by molar-refractivity contribution is 5.80. The normalized spacial score (nSPS) is 11.7. The van der Waals surface area contributed by atoms with E-state index >= 15 is 0 Å². The van der Waals surface area contributed by atoms with Crippen LogP contribution in [0.1, 0.15) is 25.1 Å². The third kappa shape index (κ3) is 5.08. The minimum Gasteiger partial charge on any atom is -0.493 e. The fourth-order valence-corrected chi connectivity index (χ4v) is 2.38. The van der Waals surface area contributed by atoms with Crippen LogP contribution in [0.3, 0.4) is 0 Å². The SMILES string of the molecule is CCc1cc(=O)n(CCNC(=O)C(C)Oc2ccc(C)cc2OC)cn1. The molecule has 7 nitrogen and oxygen atoms in total. The van der Waals surface area contributed by atoms with Gasteiger partial charge in [0.1, 0.15) is 0 Å². The van der Waals surface area contributed by atoms with Gasteiger partial charge in [-0.3, -0.25) is 14.2 Å². The molecule has 1 aromatic heterocycles. The number of rotatable bonds is 8. The molecular formula is C19H25N3O4. The molecule has 0 radical (unpaired) electrons. The number of amides is 1. The first kappa shape index (κ1) is 19.5. The molecule has 0 aliphatic heterocycles. The summed E-state index contributed by atoms with van der Waals surface area (Å²) in [6, 6.07) is 7.02. The number of carbonyl (C=O) groups is 1. The quantitative estimate of drug-likeness (QED) is 0.776. The molecule has 2 aromatic rings. The molecule has 0 aliphatic rings. The number of carbonyl (C=O) groups excluding carboxylic acids is 1. The van der Waals surface area contributed by atoms with Crippen molar-refractivity contribution in [2.45, 2.75) is 39.8 Å². The summed E-state index contributed by atoms with van der Waals surface area (Å²) >= 11 is 0. The van der Waals surface area contributed by atoms with Crippen molar-refractivity contribution in [3.63, 3.8) is 0 Å². The summed E-state index contributed by atoms with van der Waals surface area (Å²) in [4.78, 5) is 28.3. The van der Waals surface area contributed by atoms with Gasteiger partial charge in [0.05, 0.1) is 13.4 Å². The van der Waals surface area contributed by atoms with Crippen LogP contribution in [0.15, 0.2) is 35.4 Å². The average molecular weight is 359 g/mol. The molecule has 0 fully saturated rings. The fraction of sp³-hybridized carbons (Fsp3) is 0.421. The highest BCUT2D eigenvalue weighted by atomic mass is 16.5. The van der Waals surface area contributed by atoms with Crippen LogP contribution in [0, 0.1) is 6.92 Å². The van der Waals surface area contributed by atoms with Crippen LogP contribution in [0.2, 0.25) is 0 Å². The molecule has 1 heterocycles. The monoisotopic (exact) mass is 359 g/mol. The van der Waals surface area contributed by atoms with Gasteiger partial charge in [-0.15, -0.1) is 0 Å². The number of aryl methyl sites for hydroxylation is 2. The molecule has 1 atom stereocenters. The van der Waals surface area contributed by atoms with Crippen molar-refractivity contribution >= 4 is 5.91 Å². The van der Waals surface area contributed by atoms with E-state index in [4.69, 9.17) is 9.47 Å². The van der Waals surface area contributed by atoms with Gasteiger partial charge in [0.15, 0.2) is 17.6 Å². The lowest BCUT2D eigenvalue weighted by atomic mass is 10.2. The predicted molar refractivity (Wildman–Crippen MR) is 98.7 cm³/mol. The van der Waals surface area contributed by atoms with Gasteiger partial charge < -0.3 is 14.8 Å². The number of nitrogens with zero attached hydrogens (tertiary/aromatic N) is 2. The van der Waals surface area contributed by atoms with Gasteiger partial charge in [-0.05, 0) is 38.0 Å². The lowest BCUT2D eigenvalue weighted by Crippen LogP contribution is -2.39. The molecule has 1 aromatic carbocycles. The maximum atomic E-state index is 12.2. The van der Waals surface area contributed by atoms with Crippen molar-refractivity contribution in [3.8, 4) is 11.5 Å². The smallest absolute Gasteiger partial charge is 0.260 e. The summed E-state index contributed by atoms with van der Waals surface area (Å²) < 4.78 is 12.4. The third-order valence-corrected chi connectivity index (χ3v) is 3.94. The molecule has 1 unspecified atom stereocenters. The van der Waals surface area contributed by atoms with Gasteiger partial charge in [0.25, 0.3) is 11.5 Å². The van der Waals surface area contributed by atoms with E-state index in [1.54, 1.807) is 20.1 Å². The Kier molecular flexibility index (Phi) is 6.77. The predicted octanol–water partition coefficient (Wildman–Crippen LogP) is 1.71. The second kappa shape index (κ2) is 9.03. The van der Waals surface area contributed by atoms with Crippen LogP contribution in [-0.4, -0.2) is 35.2 Å². The summed E-state index contributed by atoms with van der Waals surface area (Å²) in [6.07, 6.45) is 1.53. The van der Waals surface area contributed by atoms with Crippen molar-refractivity contribution in [1.82, 2.24) is 14.9 Å². The van der Waals surface area contributed by atoms with E-state index in [0.29, 0.717) is 31.0 Å². The first-order valence-corrected chi connectivity index (χ1v) is 8.59. The Bertz CT molecular complexity index is 817. The van der Waals surface area contributed by atoms with Crippen LogP contribution in [0.4, 0.5) is 0 Å². The first-order valence-electron chi connectivity index (χ1n) is 8.59. The standard InChI is InChI=1S/C19H25N3O4/c1-5-15-11-18(23)22(12-21-15)9-8-20-19(24)14(3)26-16-7-6-13(2)10-17(16)25-4/h6-7,10-12,14H,5,8-9H2,1-4H3,(H,20,24). The average Bonchev–Trinajstić information content (AvgIpc) is 2.64. The van der Waals surface area contributed by atoms with Crippen LogP contribution in [0.25, 0.3) is 0 Å². The largest absolute Gasteiger partial charge is 0.493 e. The number of methoxy groups -OCH3 is 1. The van der Waals surface area contributed by atoms with Gasteiger partial charge in [-0.2, -0.15) is 0 Å². The van der Waals surface area contributed by atoms with Gasteiger partial charge in [0.2, 0.25) is 0 Å². The van der Waals surface area contributed by atoms with Crippen LogP contribution < -0.4 is 20.3 Å². The lowest BCUT2D eigenvalue weighted by Gasteiger charge is -2.17. The molecule has 0 saturated carbocycles. The summed E-state index contributed by atoms with van der Waals surface area (Å²) in [5, 5.41) is 2.76. The molecule has 1 N–H and O–H groups in total. The van der Waals surface area contributed by atoms with Crippen LogP contribution in [0.5, 0.6) is 11.5 Å². The number of benzene rings is 1. The molecule has 0 spiro atoms. The zero-order valence-corrected chi connectivity index (χ0v) is 15.6. The van der Waals surface area contributed by atoms with Gasteiger partial charge >= 0.3 is 0 Å². The van der Waals surface area contributed by atoms with Crippen molar-refractivity contribution < 1.29 is 14.3 Å². The number of hydrogen-bond donors (Lipinski definition) is 1. The Balaban J connectivity index is 1.89. The van der Waals surface area contributed by atoms with E-state index in [-0.39, 0.29) is 11.5 Å². The van der Waals surface area contributed by atoms with E-state index < -0.39 is 6.10 Å². The molecule has 0 aliphatic carbocycles. The zero-order chi connectivity index (χ0) is 19.1. The molecule has 0 bridgehead atoms. The van der Waals surface area contributed by atoms with Crippen molar-refractivity contribution in [2.24, 2.45) is 0 Å². The Morgan fingerprint density at radius 2 is 2.08 bits per heavy atom. The topological polar surface area (TPSA) is 82.5 Å². The fourth-order valence-electron chi connectivity index (χ4n) is 2.38. The number of hydrogen-bond acceptors (Lipinski definition) is 5. The maximum Gasteiger partial charge on any atom is 0.260 e. The first-order chi connectivity index (χ1) is 12.4. The number of ether oxygens (including phenoxy) is 2. The van der Waals surface area contributed by atoms with Gasteiger partial charge in [0, 0.05) is 24.8 Å². The Labute approximate surface area is 153 Å². The highest BCUT2D eigenvalue weighted by Gasteiger charge is 2.16. The summed E-state index contributed by atoms with van der Waals surface area (Å²) in [6.45, 7) is 6.22. The Morgan fingerprint density at radius 1 is 1.31 bits per heavy atom. The minimum absolute atomic E-state index is 0.125. The van der Waals surface area contributed by atoms with Gasteiger partial charge in [-0.25, -0.2) is 4.98 Å². The lowest BCUT2D eigenvalue weighted by molar-refractivity contribution is -0.127. The molecule has 2 rings (SSSR count). The molecule has 0 saturated heterocycles. The molecular weight excluding hydrogens is 334 g/mol. The number of nitrogens with one attached hydrogen (secondary N) is 1. The number of aromatic nitrogens is 2. The molecule has 1 amide bonds. The second-order valence-electron chi connectivity index (χ2n) is 5.97. The van der Waals surface area contributed by atoms with E-state index in [1.807, 2.05) is 26.0 Å². The second-order valence-corrected chi connectivity index (χ2v) is 5.97. The Morgan fingerprint density at radius 3 is 2.73 bits per heavy atom. The van der Waals surface area contributed by atoms with E-state index in [2.05, 4.69) is 10.3 Å². The maximum absolute atomic E-state index is 12.2. The van der Waals surface area contributed by atoms with Crippen molar-refractivity contribution in [3.05, 3.63) is 52.2 Å². The Hall–Kier alpha value is -2.83. The zero-order valence-electron chi connectivity index (χ0n) is 15.6. The third-order valence-electron chi connectivity index (χ3n) is 3.94. The van der Waals surface area contributed by atoms with E-state index in [9.17, 15) is 9.59 Å². The highest BCUT2D eigenvalue weighted by Crippen LogP contribution is 2.28.